The molecule has 1 aromatic rings. The number of amides is 5. The van der Waals surface area contributed by atoms with Crippen molar-refractivity contribution in [2.75, 3.05) is 125 Å². The van der Waals surface area contributed by atoms with Gasteiger partial charge in [0.05, 0.1) is 73.6 Å². The fraction of sp³-hybridized carbons (Fsp3) is 0.576. The van der Waals surface area contributed by atoms with Crippen LogP contribution in [0.5, 0.6) is 0 Å². The third-order valence-corrected chi connectivity index (χ3v) is 8.16. The van der Waals surface area contributed by atoms with Gasteiger partial charge in [0, 0.05) is 58.0 Å². The van der Waals surface area contributed by atoms with Gasteiger partial charge < -0.3 is 41.6 Å². The minimum absolute atomic E-state index is 0.0256. The molecule has 1 aliphatic heterocycles. The van der Waals surface area contributed by atoms with Crippen molar-refractivity contribution >= 4 is 53.1 Å². The predicted molar refractivity (Wildman–Crippen MR) is 191 cm³/mol. The minimum Gasteiger partial charge on any atom is -0.468 e. The maximum absolute atomic E-state index is 14.0. The van der Waals surface area contributed by atoms with E-state index in [1.54, 1.807) is 34.1 Å². The Morgan fingerprint density at radius 3 is 1.39 bits per heavy atom. The van der Waals surface area contributed by atoms with Crippen molar-refractivity contribution in [2.45, 2.75) is 6.42 Å². The van der Waals surface area contributed by atoms with E-state index in [0.29, 0.717) is 24.3 Å². The van der Waals surface area contributed by atoms with E-state index in [9.17, 15) is 38.4 Å². The van der Waals surface area contributed by atoms with Crippen LogP contribution in [0.15, 0.2) is 24.3 Å². The summed E-state index contributed by atoms with van der Waals surface area (Å²) in [6.07, 6.45) is -0.221. The summed E-state index contributed by atoms with van der Waals surface area (Å²) in [5.74, 6) is -4.94. The fourth-order valence-electron chi connectivity index (χ4n) is 5.09. The van der Waals surface area contributed by atoms with Crippen molar-refractivity contribution in [3.05, 3.63) is 29.8 Å². The van der Waals surface area contributed by atoms with E-state index >= 15 is 0 Å². The molecule has 1 fully saturated rings. The van der Waals surface area contributed by atoms with Crippen LogP contribution in [-0.2, 0) is 59.0 Å². The van der Waals surface area contributed by atoms with Crippen LogP contribution < -0.4 is 27.4 Å². The smallest absolute Gasteiger partial charge is 0.319 e. The average molecular weight is 765 g/mol. The highest BCUT2D eigenvalue weighted by Gasteiger charge is 2.30. The van der Waals surface area contributed by atoms with Crippen LogP contribution in [-0.4, -0.2) is 192 Å². The van der Waals surface area contributed by atoms with Gasteiger partial charge in [-0.05, 0) is 17.7 Å². The molecule has 1 aromatic carbocycles. The molecule has 300 valence electrons. The van der Waals surface area contributed by atoms with Crippen LogP contribution in [0, 0.1) is 0 Å². The van der Waals surface area contributed by atoms with Crippen molar-refractivity contribution in [1.29, 1.82) is 0 Å². The number of anilines is 1. The minimum atomic E-state index is -0.805. The molecule has 1 saturated heterocycles. The van der Waals surface area contributed by atoms with Crippen LogP contribution in [0.2, 0.25) is 0 Å². The van der Waals surface area contributed by atoms with Crippen LogP contribution in [0.25, 0.3) is 0 Å². The van der Waals surface area contributed by atoms with Crippen molar-refractivity contribution < 1.29 is 52.6 Å². The highest BCUT2D eigenvalue weighted by Crippen LogP contribution is 2.11. The predicted octanol–water partition coefficient (Wildman–Crippen LogP) is -4.87. The summed E-state index contributed by atoms with van der Waals surface area (Å²) in [6.45, 7) is -0.636. The Labute approximate surface area is 313 Å². The zero-order valence-corrected chi connectivity index (χ0v) is 31.0. The Hall–Kier alpha value is -5.22. The molecule has 21 heteroatoms. The quantitative estimate of drug-likeness (QED) is 0.0600. The number of rotatable bonds is 16. The number of nitrogens with two attached hydrogens (primary N) is 2. The summed E-state index contributed by atoms with van der Waals surface area (Å²) in [7, 11) is 3.78. The van der Waals surface area contributed by atoms with Crippen molar-refractivity contribution in [1.82, 2.24) is 40.7 Å². The van der Waals surface area contributed by atoms with Gasteiger partial charge in [0.25, 0.3) is 5.91 Å². The number of carbonyl (C=O) groups excluding carboxylic acids is 8. The zero-order valence-electron chi connectivity index (χ0n) is 31.0. The number of ether oxygens (including phenoxy) is 3. The molecule has 0 saturated carbocycles. The molecule has 0 spiro atoms. The van der Waals surface area contributed by atoms with E-state index < -0.39 is 67.1 Å². The van der Waals surface area contributed by atoms with Crippen LogP contribution in [0.1, 0.15) is 5.56 Å². The first kappa shape index (κ1) is 44.9. The maximum Gasteiger partial charge on any atom is 0.319 e. The van der Waals surface area contributed by atoms with Gasteiger partial charge in [-0.3, -0.25) is 53.1 Å². The molecule has 7 N–H and O–H groups in total. The number of imide groups is 1. The maximum atomic E-state index is 14.0. The van der Waals surface area contributed by atoms with E-state index in [1.165, 1.54) is 26.3 Å². The standard InChI is InChI=1S/C33H52N10O11/c1-52-31(49)21-39-8-10-40(22-32(50)53-2)12-14-42(15-13-41(11-9-39)23-33(51)54-3)43(29(47)16-24-4-6-25(35)7-5-24)30(48)20-38-28(46)19-37-27(45)18-36-26(44)17-34/h4-7H,8-23,34-35H2,1-3H3,(H,36,44)(H,37,45)(H,38,46). The summed E-state index contributed by atoms with van der Waals surface area (Å²) in [5.41, 5.74) is 12.0. The lowest BCUT2D eigenvalue weighted by molar-refractivity contribution is -0.165. The number of carbonyl (C=O) groups is 8. The normalized spacial score (nSPS) is 15.0. The molecule has 5 amide bonds. The molecule has 1 heterocycles. The van der Waals surface area contributed by atoms with Crippen molar-refractivity contribution in [3.8, 4) is 0 Å². The third-order valence-electron chi connectivity index (χ3n) is 8.16. The van der Waals surface area contributed by atoms with E-state index in [-0.39, 0.29) is 71.9 Å². The molecule has 0 aromatic heterocycles. The van der Waals surface area contributed by atoms with E-state index in [1.807, 2.05) is 4.90 Å². The molecule has 1 aliphatic rings. The molecule has 0 unspecified atom stereocenters. The SMILES string of the molecule is COC(=O)CN1CCN(CC(=O)OC)CCN(N(C(=O)CNC(=O)CNC(=O)CNC(=O)CN)C(=O)Cc2ccc(N)cc2)CCN(CC(=O)OC)CC1. The van der Waals surface area contributed by atoms with E-state index in [4.69, 9.17) is 25.7 Å². The van der Waals surface area contributed by atoms with Crippen LogP contribution in [0.3, 0.4) is 0 Å². The van der Waals surface area contributed by atoms with E-state index in [0.717, 1.165) is 5.01 Å². The lowest BCUT2D eigenvalue weighted by Crippen LogP contribution is -2.58. The molecular weight excluding hydrogens is 712 g/mol. The first-order valence-corrected chi connectivity index (χ1v) is 17.1. The second-order valence-corrected chi connectivity index (χ2v) is 12.1. The van der Waals surface area contributed by atoms with Crippen LogP contribution in [0.4, 0.5) is 5.69 Å². The topological polar surface area (TPSA) is 269 Å². The van der Waals surface area contributed by atoms with Gasteiger partial charge in [-0.25, -0.2) is 10.0 Å². The lowest BCUT2D eigenvalue weighted by Gasteiger charge is -2.37. The van der Waals surface area contributed by atoms with Crippen molar-refractivity contribution in [3.63, 3.8) is 0 Å². The zero-order chi connectivity index (χ0) is 40.0. The van der Waals surface area contributed by atoms with Gasteiger partial charge >= 0.3 is 17.9 Å². The Morgan fingerprint density at radius 1 is 0.593 bits per heavy atom. The molecule has 2 rings (SSSR count). The summed E-state index contributed by atoms with van der Waals surface area (Å²) in [4.78, 5) is 106. The number of nitrogen functional groups attached to an aromatic ring is 1. The lowest BCUT2D eigenvalue weighted by atomic mass is 10.1. The summed E-state index contributed by atoms with van der Waals surface area (Å²) in [5, 5.41) is 9.39. The van der Waals surface area contributed by atoms with Gasteiger partial charge in [0.1, 0.15) is 0 Å². The number of hydrogen-bond donors (Lipinski definition) is 5. The highest BCUT2D eigenvalue weighted by molar-refractivity contribution is 5.98. The summed E-state index contributed by atoms with van der Waals surface area (Å²) < 4.78 is 14.6. The Balaban J connectivity index is 2.39. The molecule has 0 radical (unpaired) electrons. The number of benzene rings is 1. The number of hydrogen-bond acceptors (Lipinski definition) is 17. The van der Waals surface area contributed by atoms with Gasteiger partial charge in [-0.2, -0.15) is 0 Å². The second-order valence-electron chi connectivity index (χ2n) is 12.1. The number of methoxy groups -OCH3 is 3. The van der Waals surface area contributed by atoms with Gasteiger partial charge in [-0.15, -0.1) is 0 Å². The third kappa shape index (κ3) is 17.1. The Morgan fingerprint density at radius 2 is 0.981 bits per heavy atom. The highest BCUT2D eigenvalue weighted by atomic mass is 16.5. The van der Waals surface area contributed by atoms with E-state index in [2.05, 4.69) is 16.0 Å². The van der Waals surface area contributed by atoms with Crippen molar-refractivity contribution in [2.24, 2.45) is 5.73 Å². The number of esters is 3. The second kappa shape index (κ2) is 24.2. The Kier molecular flexibility index (Phi) is 20.1. The van der Waals surface area contributed by atoms with Gasteiger partial charge in [-0.1, -0.05) is 12.1 Å². The molecule has 0 bridgehead atoms. The fourth-order valence-corrected chi connectivity index (χ4v) is 5.09. The number of nitrogens with one attached hydrogen (secondary N) is 3. The molecule has 0 atom stereocenters. The molecular formula is C33H52N10O11. The first-order chi connectivity index (χ1) is 25.8. The average Bonchev–Trinajstić information content (AvgIpc) is 3.16. The van der Waals surface area contributed by atoms with Crippen LogP contribution >= 0.6 is 0 Å². The summed E-state index contributed by atoms with van der Waals surface area (Å²) in [6, 6.07) is 6.51. The van der Waals surface area contributed by atoms with Gasteiger partial charge in [0.15, 0.2) is 0 Å². The largest absolute Gasteiger partial charge is 0.468 e. The summed E-state index contributed by atoms with van der Waals surface area (Å²) >= 11 is 0. The first-order valence-electron chi connectivity index (χ1n) is 17.1. The number of nitrogens with zero attached hydrogens (tertiary/aromatic N) is 5. The molecule has 21 nitrogen and oxygen atoms in total. The Bertz CT molecular complexity index is 1410. The molecule has 54 heavy (non-hydrogen) atoms. The van der Waals surface area contributed by atoms with Gasteiger partial charge in [0.2, 0.25) is 23.6 Å². The number of hydrazine groups is 1. The molecule has 0 aliphatic carbocycles. The monoisotopic (exact) mass is 764 g/mol.